The van der Waals surface area contributed by atoms with Crippen LogP contribution in [-0.4, -0.2) is 19.6 Å². The van der Waals surface area contributed by atoms with Gasteiger partial charge in [0.1, 0.15) is 0 Å². The summed E-state index contributed by atoms with van der Waals surface area (Å²) in [6.07, 6.45) is 1.80. The van der Waals surface area contributed by atoms with Crippen molar-refractivity contribution in [3.63, 3.8) is 0 Å². The quantitative estimate of drug-likeness (QED) is 0.337. The van der Waals surface area contributed by atoms with Crippen LogP contribution in [0, 0.1) is 6.92 Å². The second kappa shape index (κ2) is 9.38. The van der Waals surface area contributed by atoms with E-state index < -0.39 is 0 Å². The Kier molecular flexibility index (Phi) is 9.09. The minimum Gasteiger partial charge on any atom is -0.353 e. The van der Waals surface area contributed by atoms with E-state index >= 15 is 0 Å². The fourth-order valence-electron chi connectivity index (χ4n) is 1.43. The number of hydrogen-bond acceptors (Lipinski definition) is 1. The summed E-state index contributed by atoms with van der Waals surface area (Å²) in [7, 11) is 1.76. The van der Waals surface area contributed by atoms with Gasteiger partial charge in [-0.1, -0.05) is 28.1 Å². The molecule has 1 rings (SSSR count). The summed E-state index contributed by atoms with van der Waals surface area (Å²) in [5.74, 6) is 0.784. The van der Waals surface area contributed by atoms with E-state index in [9.17, 15) is 0 Å². The van der Waals surface area contributed by atoms with Crippen molar-refractivity contribution >= 4 is 45.9 Å². The Morgan fingerprint density at radius 3 is 2.72 bits per heavy atom. The average Bonchev–Trinajstić information content (AvgIpc) is 2.31. The number of guanidine groups is 1. The van der Waals surface area contributed by atoms with Crippen molar-refractivity contribution in [3.05, 3.63) is 46.5 Å². The van der Waals surface area contributed by atoms with E-state index in [1.807, 2.05) is 6.07 Å². The third-order valence-corrected chi connectivity index (χ3v) is 2.88. The van der Waals surface area contributed by atoms with Crippen molar-refractivity contribution < 1.29 is 0 Å². The van der Waals surface area contributed by atoms with Crippen LogP contribution in [0.5, 0.6) is 0 Å². The van der Waals surface area contributed by atoms with Crippen molar-refractivity contribution in [2.45, 2.75) is 13.5 Å². The van der Waals surface area contributed by atoms with Crippen LogP contribution in [0.1, 0.15) is 11.1 Å². The van der Waals surface area contributed by atoms with E-state index in [0.717, 1.165) is 17.0 Å². The van der Waals surface area contributed by atoms with Gasteiger partial charge in [-0.2, -0.15) is 0 Å². The van der Waals surface area contributed by atoms with Crippen LogP contribution in [-0.2, 0) is 6.54 Å². The largest absolute Gasteiger partial charge is 0.353 e. The third kappa shape index (κ3) is 5.86. The number of hydrogen-bond donors (Lipinski definition) is 2. The normalized spacial score (nSPS) is 10.5. The lowest BCUT2D eigenvalue weighted by molar-refractivity contribution is 0.842. The molecule has 0 fully saturated rings. The first-order valence-electron chi connectivity index (χ1n) is 5.47. The number of nitrogens with zero attached hydrogens (tertiary/aromatic N) is 1. The Morgan fingerprint density at radius 2 is 2.17 bits per heavy atom. The van der Waals surface area contributed by atoms with Gasteiger partial charge in [0.15, 0.2) is 5.96 Å². The predicted molar refractivity (Wildman–Crippen MR) is 92.7 cm³/mol. The van der Waals surface area contributed by atoms with Gasteiger partial charge in [-0.3, -0.25) is 4.99 Å². The molecule has 100 valence electrons. The van der Waals surface area contributed by atoms with Crippen molar-refractivity contribution in [3.8, 4) is 0 Å². The standard InChI is InChI=1S/C13H18BrN3.HI/c1-4-7-16-13(15-3)17-9-11-5-6-12(14)8-10(11)2;/h4-6,8H,1,7,9H2,2-3H3,(H2,15,16,17);1H. The molecule has 0 saturated heterocycles. The van der Waals surface area contributed by atoms with Crippen molar-refractivity contribution in [1.29, 1.82) is 0 Å². The van der Waals surface area contributed by atoms with Crippen molar-refractivity contribution in [1.82, 2.24) is 10.6 Å². The molecule has 0 radical (unpaired) electrons. The van der Waals surface area contributed by atoms with Gasteiger partial charge in [-0.15, -0.1) is 30.6 Å². The lowest BCUT2D eigenvalue weighted by Gasteiger charge is -2.12. The van der Waals surface area contributed by atoms with Gasteiger partial charge in [-0.25, -0.2) is 0 Å². The minimum absolute atomic E-state index is 0. The van der Waals surface area contributed by atoms with E-state index in [2.05, 4.69) is 57.2 Å². The Labute approximate surface area is 134 Å². The van der Waals surface area contributed by atoms with Crippen LogP contribution < -0.4 is 10.6 Å². The maximum atomic E-state index is 4.13. The van der Waals surface area contributed by atoms with Gasteiger partial charge in [-0.05, 0) is 30.2 Å². The molecule has 0 aliphatic rings. The molecular formula is C13H19BrIN3. The molecule has 1 aromatic carbocycles. The highest BCUT2D eigenvalue weighted by molar-refractivity contribution is 14.0. The Morgan fingerprint density at radius 1 is 1.44 bits per heavy atom. The van der Waals surface area contributed by atoms with E-state index in [1.165, 1.54) is 11.1 Å². The van der Waals surface area contributed by atoms with Gasteiger partial charge in [0.2, 0.25) is 0 Å². The first-order chi connectivity index (χ1) is 8.17. The van der Waals surface area contributed by atoms with Crippen LogP contribution in [0.25, 0.3) is 0 Å². The summed E-state index contributed by atoms with van der Waals surface area (Å²) in [5.41, 5.74) is 2.51. The minimum atomic E-state index is 0. The molecule has 0 unspecified atom stereocenters. The molecule has 2 N–H and O–H groups in total. The van der Waals surface area contributed by atoms with Gasteiger partial charge >= 0.3 is 0 Å². The lowest BCUT2D eigenvalue weighted by atomic mass is 10.1. The Bertz CT molecular complexity index is 419. The Balaban J connectivity index is 0.00000289. The summed E-state index contributed by atoms with van der Waals surface area (Å²) >= 11 is 3.46. The van der Waals surface area contributed by atoms with E-state index in [1.54, 1.807) is 13.1 Å². The summed E-state index contributed by atoms with van der Waals surface area (Å²) in [6, 6.07) is 6.26. The zero-order valence-corrected chi connectivity index (χ0v) is 14.6. The SMILES string of the molecule is C=CCNC(=NC)NCc1ccc(Br)cc1C.I. The molecule has 0 saturated carbocycles. The molecule has 1 aromatic rings. The molecule has 3 nitrogen and oxygen atoms in total. The zero-order chi connectivity index (χ0) is 12.7. The highest BCUT2D eigenvalue weighted by Crippen LogP contribution is 2.15. The van der Waals surface area contributed by atoms with E-state index in [4.69, 9.17) is 0 Å². The van der Waals surface area contributed by atoms with Crippen LogP contribution in [0.3, 0.4) is 0 Å². The number of rotatable bonds is 4. The van der Waals surface area contributed by atoms with Crippen LogP contribution in [0.4, 0.5) is 0 Å². The molecule has 0 aromatic heterocycles. The summed E-state index contributed by atoms with van der Waals surface area (Å²) in [6.45, 7) is 7.22. The number of aryl methyl sites for hydroxylation is 1. The monoisotopic (exact) mass is 423 g/mol. The number of nitrogens with one attached hydrogen (secondary N) is 2. The smallest absolute Gasteiger partial charge is 0.191 e. The molecular weight excluding hydrogens is 405 g/mol. The number of benzene rings is 1. The van der Waals surface area contributed by atoms with E-state index in [0.29, 0.717) is 6.54 Å². The number of halogens is 2. The first-order valence-corrected chi connectivity index (χ1v) is 6.27. The first kappa shape index (κ1) is 17.4. The molecule has 5 heteroatoms. The second-order valence-corrected chi connectivity index (χ2v) is 4.58. The van der Waals surface area contributed by atoms with Crippen LogP contribution >= 0.6 is 39.9 Å². The van der Waals surface area contributed by atoms with Gasteiger partial charge < -0.3 is 10.6 Å². The second-order valence-electron chi connectivity index (χ2n) is 3.67. The average molecular weight is 424 g/mol. The fourth-order valence-corrected chi connectivity index (χ4v) is 1.90. The topological polar surface area (TPSA) is 36.4 Å². The zero-order valence-electron chi connectivity index (χ0n) is 10.7. The summed E-state index contributed by atoms with van der Waals surface area (Å²) < 4.78 is 1.10. The van der Waals surface area contributed by atoms with Crippen molar-refractivity contribution in [2.24, 2.45) is 4.99 Å². The maximum absolute atomic E-state index is 4.13. The van der Waals surface area contributed by atoms with Gasteiger partial charge in [0, 0.05) is 24.6 Å². The lowest BCUT2D eigenvalue weighted by Crippen LogP contribution is -2.36. The molecule has 0 spiro atoms. The summed E-state index contributed by atoms with van der Waals surface area (Å²) in [5, 5.41) is 6.39. The molecule has 18 heavy (non-hydrogen) atoms. The molecule has 0 atom stereocenters. The Hall–Kier alpha value is -0.560. The van der Waals surface area contributed by atoms with Gasteiger partial charge in [0.05, 0.1) is 0 Å². The van der Waals surface area contributed by atoms with Crippen LogP contribution in [0.2, 0.25) is 0 Å². The molecule has 0 amide bonds. The van der Waals surface area contributed by atoms with E-state index in [-0.39, 0.29) is 24.0 Å². The van der Waals surface area contributed by atoms with Crippen molar-refractivity contribution in [2.75, 3.05) is 13.6 Å². The van der Waals surface area contributed by atoms with Crippen LogP contribution in [0.15, 0.2) is 40.3 Å². The number of aliphatic imine (C=N–C) groups is 1. The fraction of sp³-hybridized carbons (Fsp3) is 0.308. The highest BCUT2D eigenvalue weighted by Gasteiger charge is 2.00. The molecule has 0 aliphatic carbocycles. The molecule has 0 aliphatic heterocycles. The highest BCUT2D eigenvalue weighted by atomic mass is 127. The molecule has 0 bridgehead atoms. The summed E-state index contributed by atoms with van der Waals surface area (Å²) in [4.78, 5) is 4.13. The third-order valence-electron chi connectivity index (χ3n) is 2.39. The maximum Gasteiger partial charge on any atom is 0.191 e. The predicted octanol–water partition coefficient (Wildman–Crippen LogP) is 3.23. The van der Waals surface area contributed by atoms with Gasteiger partial charge in [0.25, 0.3) is 0 Å². The molecule has 0 heterocycles.